The Labute approximate surface area is 95.0 Å². The topological polar surface area (TPSA) is 46.5 Å². The first kappa shape index (κ1) is 11.1. The molecule has 1 fully saturated rings. The van der Waals surface area contributed by atoms with Gasteiger partial charge in [-0.1, -0.05) is 30.3 Å². The molecule has 16 heavy (non-hydrogen) atoms. The lowest BCUT2D eigenvalue weighted by Gasteiger charge is -2.14. The van der Waals surface area contributed by atoms with Crippen LogP contribution in [0.1, 0.15) is 18.4 Å². The number of carboxylic acids is 1. The van der Waals surface area contributed by atoms with Gasteiger partial charge in [-0.05, 0) is 24.8 Å². The van der Waals surface area contributed by atoms with Crippen LogP contribution in [0.5, 0.6) is 0 Å². The van der Waals surface area contributed by atoms with Crippen LogP contribution in [0.25, 0.3) is 0 Å². The summed E-state index contributed by atoms with van der Waals surface area (Å²) in [5, 5.41) is 9.00. The largest absolute Gasteiger partial charge is 0.481 e. The fraction of sp³-hybridized carbons (Fsp3) is 0.462. The number of hydrogen-bond acceptors (Lipinski definition) is 2. The Balaban J connectivity index is 1.88. The molecule has 0 aromatic heterocycles. The van der Waals surface area contributed by atoms with Crippen LogP contribution in [0.4, 0.5) is 0 Å². The van der Waals surface area contributed by atoms with Crippen LogP contribution < -0.4 is 0 Å². The van der Waals surface area contributed by atoms with Crippen LogP contribution in [0.15, 0.2) is 30.3 Å². The lowest BCUT2D eigenvalue weighted by molar-refractivity contribution is -0.143. The van der Waals surface area contributed by atoms with E-state index in [0.29, 0.717) is 13.0 Å². The predicted octanol–water partition coefficient (Wildman–Crippen LogP) is 2.11. The minimum Gasteiger partial charge on any atom is -0.481 e. The number of rotatable bonds is 4. The zero-order valence-corrected chi connectivity index (χ0v) is 9.13. The molecule has 1 heterocycles. The van der Waals surface area contributed by atoms with E-state index in [1.54, 1.807) is 0 Å². The second-order valence-corrected chi connectivity index (χ2v) is 4.17. The van der Waals surface area contributed by atoms with Crippen LogP contribution in [0.3, 0.4) is 0 Å². The van der Waals surface area contributed by atoms with Crippen molar-refractivity contribution in [2.45, 2.75) is 25.4 Å². The standard InChI is InChI=1S/C13H16O3/c14-13(15)11-8-9-16-12(11)7-6-10-4-2-1-3-5-10/h1-5,11-12H,6-9H2,(H,14,15). The monoisotopic (exact) mass is 220 g/mol. The first-order valence-corrected chi connectivity index (χ1v) is 5.65. The molecule has 0 amide bonds. The van der Waals surface area contributed by atoms with E-state index >= 15 is 0 Å². The molecule has 0 spiro atoms. The van der Waals surface area contributed by atoms with E-state index in [2.05, 4.69) is 12.1 Å². The van der Waals surface area contributed by atoms with Crippen molar-refractivity contribution < 1.29 is 14.6 Å². The van der Waals surface area contributed by atoms with E-state index in [4.69, 9.17) is 9.84 Å². The van der Waals surface area contributed by atoms with Gasteiger partial charge in [0.1, 0.15) is 0 Å². The maximum Gasteiger partial charge on any atom is 0.309 e. The molecule has 1 aromatic rings. The number of carbonyl (C=O) groups is 1. The van der Waals surface area contributed by atoms with Crippen molar-refractivity contribution in [3.8, 4) is 0 Å². The van der Waals surface area contributed by atoms with E-state index < -0.39 is 5.97 Å². The quantitative estimate of drug-likeness (QED) is 0.845. The molecule has 1 aromatic carbocycles. The maximum atomic E-state index is 10.9. The molecule has 86 valence electrons. The van der Waals surface area contributed by atoms with Gasteiger partial charge < -0.3 is 9.84 Å². The van der Waals surface area contributed by atoms with E-state index in [9.17, 15) is 4.79 Å². The van der Waals surface area contributed by atoms with E-state index in [0.717, 1.165) is 12.8 Å². The van der Waals surface area contributed by atoms with Gasteiger partial charge in [0.25, 0.3) is 0 Å². The Kier molecular flexibility index (Phi) is 3.57. The highest BCUT2D eigenvalue weighted by Crippen LogP contribution is 2.24. The first-order chi connectivity index (χ1) is 7.77. The molecule has 2 rings (SSSR count). The van der Waals surface area contributed by atoms with Crippen molar-refractivity contribution in [2.24, 2.45) is 5.92 Å². The van der Waals surface area contributed by atoms with E-state index in [1.807, 2.05) is 18.2 Å². The summed E-state index contributed by atoms with van der Waals surface area (Å²) in [7, 11) is 0. The lowest BCUT2D eigenvalue weighted by atomic mass is 9.96. The van der Waals surface area contributed by atoms with Gasteiger partial charge in [0.15, 0.2) is 0 Å². The summed E-state index contributed by atoms with van der Waals surface area (Å²) in [4.78, 5) is 10.9. The minimum atomic E-state index is -0.726. The summed E-state index contributed by atoms with van der Waals surface area (Å²) in [5.41, 5.74) is 1.24. The predicted molar refractivity (Wildman–Crippen MR) is 60.2 cm³/mol. The summed E-state index contributed by atoms with van der Waals surface area (Å²) in [6, 6.07) is 10.1. The average molecular weight is 220 g/mol. The van der Waals surface area contributed by atoms with Crippen molar-refractivity contribution in [2.75, 3.05) is 6.61 Å². The maximum absolute atomic E-state index is 10.9. The highest BCUT2D eigenvalue weighted by molar-refractivity contribution is 5.71. The molecule has 0 saturated carbocycles. The summed E-state index contributed by atoms with van der Waals surface area (Å²) >= 11 is 0. The molecular weight excluding hydrogens is 204 g/mol. The van der Waals surface area contributed by atoms with Gasteiger partial charge in [-0.25, -0.2) is 0 Å². The smallest absolute Gasteiger partial charge is 0.309 e. The third-order valence-electron chi connectivity index (χ3n) is 3.09. The zero-order chi connectivity index (χ0) is 11.4. The Hall–Kier alpha value is -1.35. The SMILES string of the molecule is O=C(O)C1CCOC1CCc1ccccc1. The average Bonchev–Trinajstić information content (AvgIpc) is 2.76. The normalized spacial score (nSPS) is 24.5. The fourth-order valence-electron chi connectivity index (χ4n) is 2.17. The Morgan fingerprint density at radius 2 is 2.12 bits per heavy atom. The second kappa shape index (κ2) is 5.12. The number of benzene rings is 1. The molecule has 1 aliphatic heterocycles. The van der Waals surface area contributed by atoms with Crippen molar-refractivity contribution in [3.05, 3.63) is 35.9 Å². The molecule has 2 unspecified atom stereocenters. The Bertz CT molecular complexity index is 347. The molecule has 2 atom stereocenters. The van der Waals surface area contributed by atoms with Crippen molar-refractivity contribution in [1.82, 2.24) is 0 Å². The molecule has 3 heteroatoms. The van der Waals surface area contributed by atoms with Crippen LogP contribution >= 0.6 is 0 Å². The number of carboxylic acid groups (broad SMARTS) is 1. The van der Waals surface area contributed by atoms with Crippen LogP contribution in [-0.2, 0) is 16.0 Å². The van der Waals surface area contributed by atoms with Gasteiger partial charge in [-0.2, -0.15) is 0 Å². The summed E-state index contributed by atoms with van der Waals surface area (Å²) in [6.07, 6.45) is 2.21. The summed E-state index contributed by atoms with van der Waals surface area (Å²) in [6.45, 7) is 0.580. The lowest BCUT2D eigenvalue weighted by Crippen LogP contribution is -2.24. The van der Waals surface area contributed by atoms with Gasteiger partial charge in [-0.15, -0.1) is 0 Å². The third kappa shape index (κ3) is 2.61. The van der Waals surface area contributed by atoms with Crippen LogP contribution in [0.2, 0.25) is 0 Å². The molecule has 0 aliphatic carbocycles. The van der Waals surface area contributed by atoms with E-state index in [-0.39, 0.29) is 12.0 Å². The van der Waals surface area contributed by atoms with Crippen LogP contribution in [0, 0.1) is 5.92 Å². The molecule has 3 nitrogen and oxygen atoms in total. The summed E-state index contributed by atoms with van der Waals surface area (Å²) in [5.74, 6) is -1.04. The Morgan fingerprint density at radius 3 is 2.81 bits per heavy atom. The van der Waals surface area contributed by atoms with Gasteiger partial charge >= 0.3 is 5.97 Å². The van der Waals surface area contributed by atoms with Gasteiger partial charge in [0, 0.05) is 6.61 Å². The van der Waals surface area contributed by atoms with E-state index in [1.165, 1.54) is 5.56 Å². The second-order valence-electron chi connectivity index (χ2n) is 4.17. The number of aryl methyl sites for hydroxylation is 1. The Morgan fingerprint density at radius 1 is 1.38 bits per heavy atom. The fourth-order valence-corrected chi connectivity index (χ4v) is 2.17. The molecular formula is C13H16O3. The number of ether oxygens (including phenoxy) is 1. The zero-order valence-electron chi connectivity index (χ0n) is 9.13. The molecule has 0 bridgehead atoms. The third-order valence-corrected chi connectivity index (χ3v) is 3.09. The molecule has 1 saturated heterocycles. The number of aliphatic carboxylic acids is 1. The molecule has 1 aliphatic rings. The van der Waals surface area contributed by atoms with Crippen molar-refractivity contribution >= 4 is 5.97 Å². The highest BCUT2D eigenvalue weighted by atomic mass is 16.5. The van der Waals surface area contributed by atoms with Crippen LogP contribution in [-0.4, -0.2) is 23.8 Å². The summed E-state index contributed by atoms with van der Waals surface area (Å²) < 4.78 is 5.47. The van der Waals surface area contributed by atoms with Crippen molar-refractivity contribution in [1.29, 1.82) is 0 Å². The highest BCUT2D eigenvalue weighted by Gasteiger charge is 2.33. The van der Waals surface area contributed by atoms with Gasteiger partial charge in [0.2, 0.25) is 0 Å². The number of hydrogen-bond donors (Lipinski definition) is 1. The van der Waals surface area contributed by atoms with Gasteiger partial charge in [-0.3, -0.25) is 4.79 Å². The first-order valence-electron chi connectivity index (χ1n) is 5.65. The molecule has 0 radical (unpaired) electrons. The molecule has 1 N–H and O–H groups in total. The van der Waals surface area contributed by atoms with Gasteiger partial charge in [0.05, 0.1) is 12.0 Å². The van der Waals surface area contributed by atoms with Crippen molar-refractivity contribution in [3.63, 3.8) is 0 Å². The minimum absolute atomic E-state index is 0.113.